The number of aliphatic hydroxyl groups excluding tert-OH is 2. The zero-order valence-corrected chi connectivity index (χ0v) is 14.2. The molecule has 1 aliphatic rings. The topological polar surface area (TPSA) is 142 Å². The zero-order chi connectivity index (χ0) is 19.0. The van der Waals surface area contributed by atoms with E-state index in [1.807, 2.05) is 6.92 Å². The number of nitrogens with one attached hydrogen (secondary N) is 2. The van der Waals surface area contributed by atoms with Gasteiger partial charge >= 0.3 is 0 Å². The van der Waals surface area contributed by atoms with Crippen LogP contribution in [0.5, 0.6) is 0 Å². The van der Waals surface area contributed by atoms with Crippen LogP contribution in [-0.4, -0.2) is 60.6 Å². The van der Waals surface area contributed by atoms with Gasteiger partial charge in [-0.1, -0.05) is 13.8 Å². The van der Waals surface area contributed by atoms with Gasteiger partial charge in [0.2, 0.25) is 11.9 Å². The molecule has 1 aliphatic heterocycles. The third-order valence-corrected chi connectivity index (χ3v) is 4.48. The van der Waals surface area contributed by atoms with Crippen LogP contribution in [0.4, 0.5) is 10.3 Å². The maximum atomic E-state index is 14.0. The van der Waals surface area contributed by atoms with E-state index in [0.29, 0.717) is 6.42 Å². The lowest BCUT2D eigenvalue weighted by Gasteiger charge is -2.16. The van der Waals surface area contributed by atoms with Crippen molar-refractivity contribution in [2.24, 2.45) is 5.92 Å². The SMILES string of the molecule is CCC(C)C(=O)Nc1nc2c(ncn2C2OC(CO)C(F)C2O)c(=O)[nH]1. The number of aromatic amines is 1. The normalized spacial score (nSPS) is 27.0. The Morgan fingerprint density at radius 2 is 2.31 bits per heavy atom. The Labute approximate surface area is 147 Å². The Kier molecular flexibility index (Phi) is 5.03. The van der Waals surface area contributed by atoms with E-state index >= 15 is 0 Å². The van der Waals surface area contributed by atoms with Crippen LogP contribution in [0.3, 0.4) is 0 Å². The van der Waals surface area contributed by atoms with Crippen molar-refractivity contribution in [3.05, 3.63) is 16.7 Å². The van der Waals surface area contributed by atoms with Crippen molar-refractivity contribution in [3.63, 3.8) is 0 Å². The van der Waals surface area contributed by atoms with Crippen LogP contribution >= 0.6 is 0 Å². The highest BCUT2D eigenvalue weighted by molar-refractivity contribution is 5.91. The Bertz CT molecular complexity index is 868. The van der Waals surface area contributed by atoms with Crippen LogP contribution < -0.4 is 10.9 Å². The summed E-state index contributed by atoms with van der Waals surface area (Å²) in [6.45, 7) is 2.98. The van der Waals surface area contributed by atoms with Gasteiger partial charge in [-0.25, -0.2) is 9.37 Å². The van der Waals surface area contributed by atoms with Crippen LogP contribution in [0.1, 0.15) is 26.5 Å². The van der Waals surface area contributed by atoms with Crippen molar-refractivity contribution in [2.45, 2.75) is 44.9 Å². The first-order valence-electron chi connectivity index (χ1n) is 8.23. The fourth-order valence-electron chi connectivity index (χ4n) is 2.68. The molecule has 142 valence electrons. The Morgan fingerprint density at radius 3 is 2.92 bits per heavy atom. The molecular formula is C15H20FN5O5. The van der Waals surface area contributed by atoms with Gasteiger partial charge in [-0.2, -0.15) is 4.98 Å². The van der Waals surface area contributed by atoms with Crippen LogP contribution in [-0.2, 0) is 9.53 Å². The number of ether oxygens (including phenoxy) is 1. The van der Waals surface area contributed by atoms with Crippen LogP contribution in [0.25, 0.3) is 11.2 Å². The second kappa shape index (κ2) is 7.09. The minimum atomic E-state index is -1.80. The molecule has 1 amide bonds. The van der Waals surface area contributed by atoms with Gasteiger partial charge in [0, 0.05) is 5.92 Å². The summed E-state index contributed by atoms with van der Waals surface area (Å²) < 4.78 is 20.5. The van der Waals surface area contributed by atoms with Gasteiger partial charge in [0.15, 0.2) is 23.6 Å². The highest BCUT2D eigenvalue weighted by Crippen LogP contribution is 2.32. The number of rotatable bonds is 5. The van der Waals surface area contributed by atoms with E-state index in [9.17, 15) is 19.1 Å². The average molecular weight is 369 g/mol. The third kappa shape index (κ3) is 3.08. The van der Waals surface area contributed by atoms with Crippen LogP contribution in [0.2, 0.25) is 0 Å². The molecule has 0 aliphatic carbocycles. The molecule has 0 saturated carbocycles. The number of nitrogens with zero attached hydrogens (tertiary/aromatic N) is 3. The van der Waals surface area contributed by atoms with Gasteiger partial charge in [0.05, 0.1) is 12.9 Å². The number of carbonyl (C=O) groups is 1. The maximum absolute atomic E-state index is 14.0. The number of aromatic nitrogens is 4. The quantitative estimate of drug-likeness (QED) is 0.566. The van der Waals surface area contributed by atoms with Crippen molar-refractivity contribution in [1.29, 1.82) is 0 Å². The van der Waals surface area contributed by atoms with Gasteiger partial charge in [-0.3, -0.25) is 24.5 Å². The molecule has 11 heteroatoms. The number of carbonyl (C=O) groups excluding carboxylic acids is 1. The third-order valence-electron chi connectivity index (χ3n) is 4.48. The number of fused-ring (bicyclic) bond motifs is 1. The summed E-state index contributed by atoms with van der Waals surface area (Å²) in [6.07, 6.45) is -3.97. The Hall–Kier alpha value is -2.37. The molecule has 3 rings (SSSR count). The molecule has 5 unspecified atom stereocenters. The van der Waals surface area contributed by atoms with Crippen molar-refractivity contribution >= 4 is 23.0 Å². The second-order valence-corrected chi connectivity index (χ2v) is 6.22. The number of halogens is 1. The molecule has 1 saturated heterocycles. The summed E-state index contributed by atoms with van der Waals surface area (Å²) in [5, 5.41) is 21.7. The number of alkyl halides is 1. The largest absolute Gasteiger partial charge is 0.394 e. The fourth-order valence-corrected chi connectivity index (χ4v) is 2.68. The second-order valence-electron chi connectivity index (χ2n) is 6.22. The maximum Gasteiger partial charge on any atom is 0.280 e. The van der Waals surface area contributed by atoms with E-state index in [-0.39, 0.29) is 28.9 Å². The van der Waals surface area contributed by atoms with Gasteiger partial charge in [-0.05, 0) is 6.42 Å². The van der Waals surface area contributed by atoms with Crippen LogP contribution in [0.15, 0.2) is 11.1 Å². The van der Waals surface area contributed by atoms with E-state index in [0.717, 1.165) is 0 Å². The van der Waals surface area contributed by atoms with Crippen molar-refractivity contribution in [1.82, 2.24) is 19.5 Å². The standard InChI is InChI=1S/C15H20FN5O5/c1-3-6(2)12(24)19-15-18-11-9(13(25)20-15)17-5-21(11)14-10(23)8(16)7(4-22)26-14/h5-8,10,14,22-23H,3-4H2,1-2H3,(H2,18,19,20,24,25). The molecule has 26 heavy (non-hydrogen) atoms. The minimum Gasteiger partial charge on any atom is -0.394 e. The minimum absolute atomic E-state index is 0.0167. The lowest BCUT2D eigenvalue weighted by atomic mass is 10.1. The fraction of sp³-hybridized carbons (Fsp3) is 0.600. The van der Waals surface area contributed by atoms with E-state index in [1.54, 1.807) is 6.92 Å². The predicted octanol–water partition coefficient (Wildman–Crippen LogP) is -0.307. The first-order chi connectivity index (χ1) is 12.4. The number of anilines is 1. The van der Waals surface area contributed by atoms with Crippen LogP contribution in [0, 0.1) is 5.92 Å². The number of imidazole rings is 1. The number of amides is 1. The van der Waals surface area contributed by atoms with E-state index in [1.165, 1.54) is 10.9 Å². The molecule has 3 heterocycles. The molecule has 0 bridgehead atoms. The predicted molar refractivity (Wildman–Crippen MR) is 88.1 cm³/mol. The van der Waals surface area contributed by atoms with Gasteiger partial charge in [0.25, 0.3) is 5.56 Å². The molecule has 5 atom stereocenters. The Balaban J connectivity index is 1.98. The number of H-pyrrole nitrogens is 1. The van der Waals surface area contributed by atoms with Gasteiger partial charge in [-0.15, -0.1) is 0 Å². The zero-order valence-electron chi connectivity index (χ0n) is 14.2. The molecule has 2 aromatic heterocycles. The summed E-state index contributed by atoms with van der Waals surface area (Å²) in [6, 6.07) is 0. The summed E-state index contributed by atoms with van der Waals surface area (Å²) >= 11 is 0. The average Bonchev–Trinajstić information content (AvgIpc) is 3.16. The van der Waals surface area contributed by atoms with E-state index in [4.69, 9.17) is 9.84 Å². The molecule has 0 aromatic carbocycles. The van der Waals surface area contributed by atoms with E-state index in [2.05, 4.69) is 20.3 Å². The number of hydrogen-bond donors (Lipinski definition) is 4. The molecule has 1 fully saturated rings. The molecule has 2 aromatic rings. The first-order valence-corrected chi connectivity index (χ1v) is 8.23. The van der Waals surface area contributed by atoms with Gasteiger partial charge in [0.1, 0.15) is 12.2 Å². The molecule has 10 nitrogen and oxygen atoms in total. The van der Waals surface area contributed by atoms with Crippen molar-refractivity contribution in [2.75, 3.05) is 11.9 Å². The number of aliphatic hydroxyl groups is 2. The molecular weight excluding hydrogens is 349 g/mol. The lowest BCUT2D eigenvalue weighted by molar-refractivity contribution is -0.119. The monoisotopic (exact) mass is 369 g/mol. The smallest absolute Gasteiger partial charge is 0.280 e. The highest BCUT2D eigenvalue weighted by atomic mass is 19.1. The van der Waals surface area contributed by atoms with Crippen molar-refractivity contribution in [3.8, 4) is 0 Å². The summed E-state index contributed by atoms with van der Waals surface area (Å²) in [4.78, 5) is 34.7. The highest BCUT2D eigenvalue weighted by Gasteiger charge is 2.45. The molecule has 4 N–H and O–H groups in total. The lowest BCUT2D eigenvalue weighted by Crippen LogP contribution is -2.29. The number of hydrogen-bond acceptors (Lipinski definition) is 7. The summed E-state index contributed by atoms with van der Waals surface area (Å²) in [7, 11) is 0. The van der Waals surface area contributed by atoms with Crippen molar-refractivity contribution < 1.29 is 24.1 Å². The summed E-state index contributed by atoms with van der Waals surface area (Å²) in [5.74, 6) is -0.682. The van der Waals surface area contributed by atoms with Gasteiger partial charge < -0.3 is 14.9 Å². The summed E-state index contributed by atoms with van der Waals surface area (Å²) in [5.41, 5.74) is -0.635. The first kappa shape index (κ1) is 18.4. The Morgan fingerprint density at radius 1 is 1.58 bits per heavy atom. The molecule has 0 radical (unpaired) electrons. The molecule has 0 spiro atoms. The van der Waals surface area contributed by atoms with E-state index < -0.39 is 36.8 Å².